The number of thioether (sulfide) groups is 1. The van der Waals surface area contributed by atoms with Crippen LogP contribution in [0.15, 0.2) is 41.7 Å². The van der Waals surface area contributed by atoms with E-state index < -0.39 is 11.8 Å². The molecule has 1 N–H and O–H groups in total. The number of hydrogen-bond acceptors (Lipinski definition) is 6. The summed E-state index contributed by atoms with van der Waals surface area (Å²) >= 11 is 1.17. The highest BCUT2D eigenvalue weighted by Gasteiger charge is 2.16. The van der Waals surface area contributed by atoms with Crippen LogP contribution in [0.4, 0.5) is 0 Å². The number of carbonyl (C=O) groups is 2. The Morgan fingerprint density at radius 3 is 2.73 bits per heavy atom. The molecule has 2 amide bonds. The summed E-state index contributed by atoms with van der Waals surface area (Å²) in [7, 11) is 1.74. The smallest absolute Gasteiger partial charge is 0.274 e. The van der Waals surface area contributed by atoms with Gasteiger partial charge in [0.1, 0.15) is 5.69 Å². The highest BCUT2D eigenvalue weighted by atomic mass is 32.2. The normalized spacial score (nSPS) is 10.7. The van der Waals surface area contributed by atoms with Gasteiger partial charge in [0, 0.05) is 13.2 Å². The fraction of sp³-hybridized carbons (Fsp3) is 0.235. The first kappa shape index (κ1) is 17.9. The molecule has 1 aromatic carbocycles. The number of carbonyl (C=O) groups excluding carboxylic acids is 2. The molecule has 0 saturated carbocycles. The molecule has 0 aliphatic carbocycles. The van der Waals surface area contributed by atoms with E-state index in [2.05, 4.69) is 20.8 Å². The average Bonchev–Trinajstić information content (AvgIpc) is 3.21. The third kappa shape index (κ3) is 3.83. The molecule has 134 valence electrons. The number of tetrazole rings is 1. The van der Waals surface area contributed by atoms with E-state index in [1.807, 2.05) is 32.0 Å². The van der Waals surface area contributed by atoms with Gasteiger partial charge in [0.05, 0.1) is 11.4 Å². The van der Waals surface area contributed by atoms with Crippen molar-refractivity contribution >= 4 is 23.6 Å². The van der Waals surface area contributed by atoms with E-state index in [0.29, 0.717) is 10.9 Å². The molecule has 0 fully saturated rings. The van der Waals surface area contributed by atoms with Gasteiger partial charge < -0.3 is 4.57 Å². The summed E-state index contributed by atoms with van der Waals surface area (Å²) in [6.07, 6.45) is 1.74. The molecular weight excluding hydrogens is 352 g/mol. The SMILES string of the molecule is Cc1ccc(-n2nnnc2SCC(=O)NC(=O)c2cccn2C)c(C)c1. The van der Waals surface area contributed by atoms with Gasteiger partial charge >= 0.3 is 0 Å². The highest BCUT2D eigenvalue weighted by Crippen LogP contribution is 2.21. The molecule has 2 aromatic heterocycles. The standard InChI is InChI=1S/C17H18N6O2S/c1-11-6-7-13(12(2)9-11)23-17(19-20-21-23)26-10-15(24)18-16(25)14-5-4-8-22(14)3/h4-9H,10H2,1-3H3,(H,18,24,25). The lowest BCUT2D eigenvalue weighted by atomic mass is 10.1. The first-order chi connectivity index (χ1) is 12.5. The van der Waals surface area contributed by atoms with Gasteiger partial charge in [-0.3, -0.25) is 14.9 Å². The van der Waals surface area contributed by atoms with Gasteiger partial charge in [0.15, 0.2) is 0 Å². The van der Waals surface area contributed by atoms with Crippen LogP contribution in [0.3, 0.4) is 0 Å². The van der Waals surface area contributed by atoms with E-state index in [4.69, 9.17) is 0 Å². The molecule has 0 unspecified atom stereocenters. The summed E-state index contributed by atoms with van der Waals surface area (Å²) in [5.41, 5.74) is 3.45. The Morgan fingerprint density at radius 1 is 1.23 bits per heavy atom. The molecule has 0 saturated heterocycles. The lowest BCUT2D eigenvalue weighted by molar-refractivity contribution is -0.117. The Hall–Kier alpha value is -2.94. The van der Waals surface area contributed by atoms with Crippen molar-refractivity contribution in [3.05, 3.63) is 53.3 Å². The zero-order chi connectivity index (χ0) is 18.7. The fourth-order valence-electron chi connectivity index (χ4n) is 2.52. The molecule has 9 heteroatoms. The molecule has 0 radical (unpaired) electrons. The van der Waals surface area contributed by atoms with Crippen LogP contribution in [0.2, 0.25) is 0 Å². The van der Waals surface area contributed by atoms with E-state index in [1.165, 1.54) is 11.8 Å². The van der Waals surface area contributed by atoms with E-state index in [1.54, 1.807) is 34.6 Å². The quantitative estimate of drug-likeness (QED) is 0.687. The molecule has 3 aromatic rings. The fourth-order valence-corrected chi connectivity index (χ4v) is 3.20. The van der Waals surface area contributed by atoms with E-state index >= 15 is 0 Å². The first-order valence-electron chi connectivity index (χ1n) is 7.90. The minimum atomic E-state index is -0.433. The van der Waals surface area contributed by atoms with Crippen LogP contribution in [0.1, 0.15) is 21.6 Å². The number of aromatic nitrogens is 5. The summed E-state index contributed by atoms with van der Waals surface area (Å²) < 4.78 is 3.24. The lowest BCUT2D eigenvalue weighted by Gasteiger charge is -2.08. The third-order valence-corrected chi connectivity index (χ3v) is 4.70. The summed E-state index contributed by atoms with van der Waals surface area (Å²) in [6, 6.07) is 9.34. The summed E-state index contributed by atoms with van der Waals surface area (Å²) in [5, 5.41) is 14.5. The zero-order valence-corrected chi connectivity index (χ0v) is 15.4. The van der Waals surface area contributed by atoms with Gasteiger partial charge in [-0.05, 0) is 48.0 Å². The number of nitrogens with zero attached hydrogens (tertiary/aromatic N) is 5. The van der Waals surface area contributed by atoms with Crippen molar-refractivity contribution in [2.75, 3.05) is 5.75 Å². The Morgan fingerprint density at radius 2 is 2.04 bits per heavy atom. The van der Waals surface area contributed by atoms with Crippen molar-refractivity contribution in [2.45, 2.75) is 19.0 Å². The van der Waals surface area contributed by atoms with Crippen molar-refractivity contribution < 1.29 is 9.59 Å². The molecule has 0 aliphatic heterocycles. The second kappa shape index (κ2) is 7.52. The Labute approximate surface area is 154 Å². The molecular formula is C17H18N6O2S. The topological polar surface area (TPSA) is 94.7 Å². The first-order valence-corrected chi connectivity index (χ1v) is 8.88. The van der Waals surface area contributed by atoms with Gasteiger partial charge in [-0.2, -0.15) is 4.68 Å². The van der Waals surface area contributed by atoms with Crippen molar-refractivity contribution in [2.24, 2.45) is 7.05 Å². The Kier molecular flexibility index (Phi) is 5.17. The number of aryl methyl sites for hydroxylation is 3. The van der Waals surface area contributed by atoms with Crippen LogP contribution in [0, 0.1) is 13.8 Å². The molecule has 0 spiro atoms. The molecule has 0 aliphatic rings. The van der Waals surface area contributed by atoms with Gasteiger partial charge in [-0.25, -0.2) is 0 Å². The molecule has 2 heterocycles. The predicted molar refractivity (Wildman–Crippen MR) is 97.2 cm³/mol. The van der Waals surface area contributed by atoms with Crippen LogP contribution in [0.5, 0.6) is 0 Å². The largest absolute Gasteiger partial charge is 0.347 e. The predicted octanol–water partition coefficient (Wildman–Crippen LogP) is 1.67. The second-order valence-corrected chi connectivity index (χ2v) is 6.78. The summed E-state index contributed by atoms with van der Waals surface area (Å²) in [4.78, 5) is 24.1. The van der Waals surface area contributed by atoms with Crippen molar-refractivity contribution in [3.63, 3.8) is 0 Å². The van der Waals surface area contributed by atoms with Gasteiger partial charge in [0.2, 0.25) is 11.1 Å². The Bertz CT molecular complexity index is 962. The maximum Gasteiger partial charge on any atom is 0.274 e. The van der Waals surface area contributed by atoms with Crippen LogP contribution < -0.4 is 5.32 Å². The number of imide groups is 1. The number of nitrogens with one attached hydrogen (secondary N) is 1. The van der Waals surface area contributed by atoms with Crippen LogP contribution >= 0.6 is 11.8 Å². The van der Waals surface area contributed by atoms with Crippen LogP contribution in [-0.2, 0) is 11.8 Å². The minimum absolute atomic E-state index is 0.0292. The van der Waals surface area contributed by atoms with Crippen LogP contribution in [0.25, 0.3) is 5.69 Å². The summed E-state index contributed by atoms with van der Waals surface area (Å²) in [5.74, 6) is -0.810. The maximum absolute atomic E-state index is 12.1. The molecule has 0 atom stereocenters. The number of rotatable bonds is 5. The third-order valence-electron chi connectivity index (χ3n) is 3.78. The minimum Gasteiger partial charge on any atom is -0.347 e. The molecule has 0 bridgehead atoms. The Balaban J connectivity index is 1.66. The number of benzene rings is 1. The highest BCUT2D eigenvalue weighted by molar-refractivity contribution is 7.99. The summed E-state index contributed by atoms with van der Waals surface area (Å²) in [6.45, 7) is 3.99. The second-order valence-electron chi connectivity index (χ2n) is 5.83. The van der Waals surface area contributed by atoms with Gasteiger partial charge in [-0.1, -0.05) is 29.5 Å². The lowest BCUT2D eigenvalue weighted by Crippen LogP contribution is -2.33. The van der Waals surface area contributed by atoms with Crippen molar-refractivity contribution in [3.8, 4) is 5.69 Å². The van der Waals surface area contributed by atoms with Crippen molar-refractivity contribution in [1.29, 1.82) is 0 Å². The molecule has 8 nitrogen and oxygen atoms in total. The zero-order valence-electron chi connectivity index (χ0n) is 14.6. The van der Waals surface area contributed by atoms with E-state index in [0.717, 1.165) is 16.8 Å². The van der Waals surface area contributed by atoms with Gasteiger partial charge in [0.25, 0.3) is 5.91 Å². The number of hydrogen-bond donors (Lipinski definition) is 1. The van der Waals surface area contributed by atoms with E-state index in [-0.39, 0.29) is 5.75 Å². The monoisotopic (exact) mass is 370 g/mol. The molecule has 3 rings (SSSR count). The maximum atomic E-state index is 12.1. The average molecular weight is 370 g/mol. The van der Waals surface area contributed by atoms with Crippen molar-refractivity contribution in [1.82, 2.24) is 30.1 Å². The van der Waals surface area contributed by atoms with E-state index in [9.17, 15) is 9.59 Å². The number of amides is 2. The van der Waals surface area contributed by atoms with Gasteiger partial charge in [-0.15, -0.1) is 5.10 Å². The molecule has 26 heavy (non-hydrogen) atoms. The van der Waals surface area contributed by atoms with Crippen LogP contribution in [-0.4, -0.2) is 42.3 Å².